The maximum atomic E-state index is 10.2. The summed E-state index contributed by atoms with van der Waals surface area (Å²) in [4.78, 5) is 0. The van der Waals surface area contributed by atoms with E-state index in [0.717, 1.165) is 38.5 Å². The summed E-state index contributed by atoms with van der Waals surface area (Å²) in [6.45, 7) is 1.93. The van der Waals surface area contributed by atoms with Crippen molar-refractivity contribution in [2.24, 2.45) is 11.8 Å². The smallest absolute Gasteiger partial charge is 0.0771 e. The summed E-state index contributed by atoms with van der Waals surface area (Å²) in [6.07, 6.45) is 12.7. The second kappa shape index (κ2) is 13.4. The van der Waals surface area contributed by atoms with Gasteiger partial charge in [0.15, 0.2) is 0 Å². The van der Waals surface area contributed by atoms with Gasteiger partial charge in [-0.25, -0.2) is 0 Å². The molecule has 5 N–H and O–H groups in total. The maximum absolute atomic E-state index is 10.2. The average molecular weight is 371 g/mol. The van der Waals surface area contributed by atoms with Crippen LogP contribution in [0.5, 0.6) is 0 Å². The predicted octanol–water partition coefficient (Wildman–Crippen LogP) is 2.31. The molecule has 0 aliphatic heterocycles. The standard InChI is InChI=1S/C21H38O5/c1-2-3-6-9-16(23)12-13-19-18(20(25)14-21(19)26)11-8-5-4-7-10-17(24)15-22/h5,8,12-13,16-26H,2-4,6-7,9-11,14-15H2,1H3/b8-5-,13-12+/t16-,17+,18+,19+,20-,21+/m0/s1. The van der Waals surface area contributed by atoms with E-state index in [1.165, 1.54) is 0 Å². The van der Waals surface area contributed by atoms with E-state index in [2.05, 4.69) is 6.92 Å². The van der Waals surface area contributed by atoms with E-state index in [1.54, 1.807) is 6.08 Å². The summed E-state index contributed by atoms with van der Waals surface area (Å²) in [5.41, 5.74) is 0. The molecule has 0 bridgehead atoms. The highest BCUT2D eigenvalue weighted by molar-refractivity contribution is 5.06. The normalized spacial score (nSPS) is 29.0. The SMILES string of the molecule is CCCCC[C@H](O)/C=C/[C@@H]1[C@@H](C/C=C\CCC[C@@H](O)CO)[C@@H](O)C[C@H]1O. The lowest BCUT2D eigenvalue weighted by molar-refractivity contribution is 0.0868. The monoisotopic (exact) mass is 370 g/mol. The molecule has 1 fully saturated rings. The first kappa shape index (κ1) is 23.3. The summed E-state index contributed by atoms with van der Waals surface area (Å²) >= 11 is 0. The van der Waals surface area contributed by atoms with Gasteiger partial charge in [-0.15, -0.1) is 0 Å². The molecule has 6 atom stereocenters. The van der Waals surface area contributed by atoms with E-state index in [1.807, 2.05) is 18.2 Å². The zero-order valence-corrected chi connectivity index (χ0v) is 16.1. The van der Waals surface area contributed by atoms with Crippen molar-refractivity contribution in [3.05, 3.63) is 24.3 Å². The minimum atomic E-state index is -0.645. The van der Waals surface area contributed by atoms with Crippen LogP contribution in [0.15, 0.2) is 24.3 Å². The second-order valence-electron chi connectivity index (χ2n) is 7.53. The lowest BCUT2D eigenvalue weighted by Gasteiger charge is -2.19. The van der Waals surface area contributed by atoms with Crippen LogP contribution in [0.3, 0.4) is 0 Å². The molecule has 0 aromatic rings. The Morgan fingerprint density at radius 2 is 1.77 bits per heavy atom. The lowest BCUT2D eigenvalue weighted by Crippen LogP contribution is -2.20. The van der Waals surface area contributed by atoms with Crippen molar-refractivity contribution in [1.29, 1.82) is 0 Å². The first-order chi connectivity index (χ1) is 12.5. The number of hydrogen-bond acceptors (Lipinski definition) is 5. The highest BCUT2D eigenvalue weighted by Gasteiger charge is 2.39. The van der Waals surface area contributed by atoms with Gasteiger partial charge in [0.1, 0.15) is 0 Å². The van der Waals surface area contributed by atoms with E-state index in [4.69, 9.17) is 5.11 Å². The van der Waals surface area contributed by atoms with Crippen LogP contribution in [0, 0.1) is 11.8 Å². The molecule has 0 unspecified atom stereocenters. The van der Waals surface area contributed by atoms with Crippen molar-refractivity contribution >= 4 is 0 Å². The van der Waals surface area contributed by atoms with Gasteiger partial charge >= 0.3 is 0 Å². The maximum Gasteiger partial charge on any atom is 0.0771 e. The molecule has 5 heteroatoms. The van der Waals surface area contributed by atoms with Gasteiger partial charge in [0.2, 0.25) is 0 Å². The van der Waals surface area contributed by atoms with Gasteiger partial charge in [-0.1, -0.05) is 50.5 Å². The first-order valence-corrected chi connectivity index (χ1v) is 10.2. The summed E-state index contributed by atoms with van der Waals surface area (Å²) in [6, 6.07) is 0. The van der Waals surface area contributed by atoms with Crippen LogP contribution in [0.1, 0.15) is 64.7 Å². The molecule has 5 nitrogen and oxygen atoms in total. The highest BCUT2D eigenvalue weighted by atomic mass is 16.3. The number of rotatable bonds is 13. The van der Waals surface area contributed by atoms with Gasteiger partial charge in [0.25, 0.3) is 0 Å². The molecule has 1 aliphatic carbocycles. The van der Waals surface area contributed by atoms with Crippen LogP contribution in [-0.4, -0.2) is 56.6 Å². The van der Waals surface area contributed by atoms with E-state index in [-0.39, 0.29) is 18.4 Å². The van der Waals surface area contributed by atoms with Crippen LogP contribution in [0.4, 0.5) is 0 Å². The molecule has 26 heavy (non-hydrogen) atoms. The van der Waals surface area contributed by atoms with Crippen molar-refractivity contribution in [2.75, 3.05) is 6.61 Å². The molecule has 0 spiro atoms. The number of aliphatic hydroxyl groups is 5. The third-order valence-corrected chi connectivity index (χ3v) is 5.27. The Morgan fingerprint density at radius 1 is 1.00 bits per heavy atom. The molecule has 1 saturated carbocycles. The third kappa shape index (κ3) is 8.78. The molecule has 0 heterocycles. The van der Waals surface area contributed by atoms with Crippen molar-refractivity contribution < 1.29 is 25.5 Å². The second-order valence-corrected chi connectivity index (χ2v) is 7.53. The molecule has 0 aromatic heterocycles. The largest absolute Gasteiger partial charge is 0.394 e. The summed E-state index contributed by atoms with van der Waals surface area (Å²) in [5.74, 6) is -0.171. The Morgan fingerprint density at radius 3 is 2.46 bits per heavy atom. The third-order valence-electron chi connectivity index (χ3n) is 5.27. The summed E-state index contributed by atoms with van der Waals surface area (Å²) in [7, 11) is 0. The molecule has 0 amide bonds. The van der Waals surface area contributed by atoms with Gasteiger partial charge in [-0.2, -0.15) is 0 Å². The van der Waals surface area contributed by atoms with E-state index >= 15 is 0 Å². The molecular weight excluding hydrogens is 332 g/mol. The van der Waals surface area contributed by atoms with Crippen molar-refractivity contribution in [3.63, 3.8) is 0 Å². The van der Waals surface area contributed by atoms with Crippen LogP contribution < -0.4 is 0 Å². The van der Waals surface area contributed by atoms with Crippen molar-refractivity contribution in [3.8, 4) is 0 Å². The average Bonchev–Trinajstić information content (AvgIpc) is 2.89. The molecular formula is C21H38O5. The molecule has 0 saturated heterocycles. The van der Waals surface area contributed by atoms with E-state index in [0.29, 0.717) is 19.3 Å². The Kier molecular flexibility index (Phi) is 12.1. The minimum Gasteiger partial charge on any atom is -0.394 e. The molecule has 0 radical (unpaired) electrons. The number of aliphatic hydroxyl groups excluding tert-OH is 5. The topological polar surface area (TPSA) is 101 Å². The quantitative estimate of drug-likeness (QED) is 0.253. The molecule has 1 rings (SSSR count). The van der Waals surface area contributed by atoms with E-state index < -0.39 is 24.4 Å². The Bertz CT molecular complexity index is 409. The van der Waals surface area contributed by atoms with Crippen LogP contribution in [0.2, 0.25) is 0 Å². The predicted molar refractivity (Wildman–Crippen MR) is 104 cm³/mol. The Labute approximate surface area is 158 Å². The zero-order chi connectivity index (χ0) is 19.4. The number of allylic oxidation sites excluding steroid dienone is 2. The minimum absolute atomic E-state index is 0.0385. The van der Waals surface area contributed by atoms with Gasteiger partial charge in [-0.3, -0.25) is 0 Å². The summed E-state index contributed by atoms with van der Waals surface area (Å²) < 4.78 is 0. The van der Waals surface area contributed by atoms with Crippen LogP contribution >= 0.6 is 0 Å². The lowest BCUT2D eigenvalue weighted by atomic mass is 9.89. The zero-order valence-electron chi connectivity index (χ0n) is 16.1. The van der Waals surface area contributed by atoms with Crippen molar-refractivity contribution in [2.45, 2.75) is 89.1 Å². The molecule has 152 valence electrons. The number of hydrogen-bond donors (Lipinski definition) is 5. The molecule has 0 aromatic carbocycles. The van der Waals surface area contributed by atoms with E-state index in [9.17, 15) is 20.4 Å². The van der Waals surface area contributed by atoms with Gasteiger partial charge in [-0.05, 0) is 38.0 Å². The van der Waals surface area contributed by atoms with Gasteiger partial charge in [0, 0.05) is 12.3 Å². The first-order valence-electron chi connectivity index (χ1n) is 10.2. The highest BCUT2D eigenvalue weighted by Crippen LogP contribution is 2.36. The van der Waals surface area contributed by atoms with Crippen molar-refractivity contribution in [1.82, 2.24) is 0 Å². The Balaban J connectivity index is 2.43. The fourth-order valence-corrected chi connectivity index (χ4v) is 3.60. The molecule has 1 aliphatic rings. The summed E-state index contributed by atoms with van der Waals surface area (Å²) in [5, 5.41) is 48.5. The van der Waals surface area contributed by atoms with Gasteiger partial charge in [0.05, 0.1) is 31.0 Å². The van der Waals surface area contributed by atoms with Crippen LogP contribution in [-0.2, 0) is 0 Å². The van der Waals surface area contributed by atoms with Gasteiger partial charge < -0.3 is 25.5 Å². The fraction of sp³-hybridized carbons (Fsp3) is 0.810. The Hall–Kier alpha value is -0.720. The number of unbranched alkanes of at least 4 members (excludes halogenated alkanes) is 3. The fourth-order valence-electron chi connectivity index (χ4n) is 3.60. The van der Waals surface area contributed by atoms with Crippen LogP contribution in [0.25, 0.3) is 0 Å².